The lowest BCUT2D eigenvalue weighted by Gasteiger charge is -2.06. The van der Waals surface area contributed by atoms with E-state index in [-0.39, 0.29) is 29.4 Å². The Bertz CT molecular complexity index is 1150. The number of benzene rings is 2. The van der Waals surface area contributed by atoms with Gasteiger partial charge >= 0.3 is 0 Å². The molecule has 5 nitrogen and oxygen atoms in total. The standard InChI is InChI=1S/C21H15FN2O3/c22-15-7-9-16(10-8-15)24-21-18(12-14-4-1-2-6-19(14)27-21)20(25)23-13-17-5-3-11-26-17/h1-12H,13H2,(H,23,25). The van der Waals surface area contributed by atoms with Crippen LogP contribution in [-0.2, 0) is 6.54 Å². The Kier molecular flexibility index (Phi) is 4.53. The van der Waals surface area contributed by atoms with E-state index in [1.807, 2.05) is 18.2 Å². The maximum atomic E-state index is 13.1. The van der Waals surface area contributed by atoms with E-state index >= 15 is 0 Å². The lowest BCUT2D eigenvalue weighted by Crippen LogP contribution is -2.28. The molecule has 0 unspecified atom stereocenters. The number of fused-ring (bicyclic) bond motifs is 1. The summed E-state index contributed by atoms with van der Waals surface area (Å²) < 4.78 is 24.2. The SMILES string of the molecule is O=C(NCc1ccco1)c1cc2ccccc2oc1=Nc1ccc(F)cc1. The van der Waals surface area contributed by atoms with Crippen molar-refractivity contribution in [3.05, 3.63) is 95.7 Å². The van der Waals surface area contributed by atoms with Crippen LogP contribution in [0.2, 0.25) is 0 Å². The molecule has 0 aliphatic rings. The van der Waals surface area contributed by atoms with Gasteiger partial charge in [-0.3, -0.25) is 4.79 Å². The van der Waals surface area contributed by atoms with Crippen LogP contribution in [0, 0.1) is 5.82 Å². The number of carbonyl (C=O) groups is 1. The number of rotatable bonds is 4. The molecule has 1 N–H and O–H groups in total. The first kappa shape index (κ1) is 16.8. The van der Waals surface area contributed by atoms with Crippen molar-refractivity contribution in [2.75, 3.05) is 0 Å². The molecule has 6 heteroatoms. The minimum Gasteiger partial charge on any atom is -0.467 e. The van der Waals surface area contributed by atoms with Gasteiger partial charge in [0.05, 0.1) is 18.5 Å². The Morgan fingerprint density at radius 1 is 1.04 bits per heavy atom. The number of furan rings is 1. The largest absolute Gasteiger partial charge is 0.467 e. The predicted molar refractivity (Wildman–Crippen MR) is 97.7 cm³/mol. The molecule has 0 spiro atoms. The molecule has 0 saturated carbocycles. The molecule has 0 aliphatic heterocycles. The van der Waals surface area contributed by atoms with E-state index < -0.39 is 0 Å². The lowest BCUT2D eigenvalue weighted by atomic mass is 10.1. The third kappa shape index (κ3) is 3.79. The molecule has 2 heterocycles. The fourth-order valence-corrected chi connectivity index (χ4v) is 2.62. The van der Waals surface area contributed by atoms with Crippen LogP contribution in [0.1, 0.15) is 16.1 Å². The van der Waals surface area contributed by atoms with Crippen molar-refractivity contribution in [2.24, 2.45) is 4.99 Å². The highest BCUT2D eigenvalue weighted by molar-refractivity contribution is 5.96. The quantitative estimate of drug-likeness (QED) is 0.588. The summed E-state index contributed by atoms with van der Waals surface area (Å²) in [7, 11) is 0. The number of halogens is 1. The van der Waals surface area contributed by atoms with Crippen molar-refractivity contribution in [2.45, 2.75) is 6.54 Å². The molecule has 0 radical (unpaired) electrons. The Balaban J connectivity index is 1.76. The van der Waals surface area contributed by atoms with Crippen LogP contribution in [0.15, 0.2) is 86.8 Å². The first-order valence-electron chi connectivity index (χ1n) is 8.33. The van der Waals surface area contributed by atoms with Crippen molar-refractivity contribution in [3.8, 4) is 0 Å². The maximum Gasteiger partial charge on any atom is 0.257 e. The fraction of sp³-hybridized carbons (Fsp3) is 0.0476. The van der Waals surface area contributed by atoms with Gasteiger partial charge in [-0.2, -0.15) is 0 Å². The van der Waals surface area contributed by atoms with Crippen molar-refractivity contribution < 1.29 is 18.0 Å². The third-order valence-electron chi connectivity index (χ3n) is 3.96. The monoisotopic (exact) mass is 362 g/mol. The van der Waals surface area contributed by atoms with Crippen molar-refractivity contribution >= 4 is 22.6 Å². The third-order valence-corrected chi connectivity index (χ3v) is 3.96. The number of nitrogens with one attached hydrogen (secondary N) is 1. The van der Waals surface area contributed by atoms with Crippen LogP contribution in [0.4, 0.5) is 10.1 Å². The lowest BCUT2D eigenvalue weighted by molar-refractivity contribution is 0.0944. The molecule has 0 saturated heterocycles. The molecule has 2 aromatic carbocycles. The van der Waals surface area contributed by atoms with Gasteiger partial charge in [-0.15, -0.1) is 0 Å². The molecule has 27 heavy (non-hydrogen) atoms. The zero-order chi connectivity index (χ0) is 18.6. The molecule has 134 valence electrons. The summed E-state index contributed by atoms with van der Waals surface area (Å²) in [6.07, 6.45) is 1.54. The molecular weight excluding hydrogens is 347 g/mol. The fourth-order valence-electron chi connectivity index (χ4n) is 2.62. The molecule has 4 rings (SSSR count). The molecule has 0 aliphatic carbocycles. The normalized spacial score (nSPS) is 11.7. The minimum absolute atomic E-state index is 0.150. The second-order valence-corrected chi connectivity index (χ2v) is 5.85. The Morgan fingerprint density at radius 2 is 1.85 bits per heavy atom. The second kappa shape index (κ2) is 7.29. The molecule has 0 atom stereocenters. The van der Waals surface area contributed by atoms with E-state index in [1.165, 1.54) is 24.3 Å². The summed E-state index contributed by atoms with van der Waals surface area (Å²) in [5.41, 5.74) is 1.51. The van der Waals surface area contributed by atoms with E-state index in [0.29, 0.717) is 17.0 Å². The number of para-hydroxylation sites is 1. The van der Waals surface area contributed by atoms with Gasteiger partial charge in [0.2, 0.25) is 5.55 Å². The molecule has 0 fully saturated rings. The van der Waals surface area contributed by atoms with Gasteiger partial charge in [0.25, 0.3) is 5.91 Å². The van der Waals surface area contributed by atoms with Gasteiger partial charge in [-0.25, -0.2) is 9.38 Å². The summed E-state index contributed by atoms with van der Waals surface area (Å²) in [4.78, 5) is 17.1. The van der Waals surface area contributed by atoms with E-state index in [1.54, 1.807) is 30.5 Å². The van der Waals surface area contributed by atoms with E-state index in [2.05, 4.69) is 10.3 Å². The smallest absolute Gasteiger partial charge is 0.257 e. The van der Waals surface area contributed by atoms with Crippen LogP contribution >= 0.6 is 0 Å². The van der Waals surface area contributed by atoms with Crippen LogP contribution < -0.4 is 10.9 Å². The van der Waals surface area contributed by atoms with Crippen LogP contribution in [0.3, 0.4) is 0 Å². The Labute approximate surface area is 153 Å². The Morgan fingerprint density at radius 3 is 2.63 bits per heavy atom. The summed E-state index contributed by atoms with van der Waals surface area (Å²) in [6.45, 7) is 0.245. The minimum atomic E-state index is -0.360. The first-order chi connectivity index (χ1) is 13.2. The summed E-state index contributed by atoms with van der Waals surface area (Å²) in [5.74, 6) is -0.0688. The number of nitrogens with zero attached hydrogens (tertiary/aromatic N) is 1. The topological polar surface area (TPSA) is 67.7 Å². The van der Waals surface area contributed by atoms with Crippen molar-refractivity contribution in [1.29, 1.82) is 0 Å². The number of hydrogen-bond acceptors (Lipinski definition) is 4. The van der Waals surface area contributed by atoms with E-state index in [4.69, 9.17) is 8.83 Å². The Hall–Kier alpha value is -3.67. The predicted octanol–water partition coefficient (Wildman–Crippen LogP) is 4.33. The van der Waals surface area contributed by atoms with Gasteiger partial charge in [0, 0.05) is 5.39 Å². The van der Waals surface area contributed by atoms with Gasteiger partial charge in [0.15, 0.2) is 0 Å². The van der Waals surface area contributed by atoms with E-state index in [0.717, 1.165) is 5.39 Å². The summed E-state index contributed by atoms with van der Waals surface area (Å²) in [5, 5.41) is 3.57. The highest BCUT2D eigenvalue weighted by Gasteiger charge is 2.13. The van der Waals surface area contributed by atoms with Crippen molar-refractivity contribution in [3.63, 3.8) is 0 Å². The van der Waals surface area contributed by atoms with Crippen LogP contribution in [-0.4, -0.2) is 5.91 Å². The maximum absolute atomic E-state index is 13.1. The van der Waals surface area contributed by atoms with Gasteiger partial charge in [-0.1, -0.05) is 18.2 Å². The average molecular weight is 362 g/mol. The zero-order valence-electron chi connectivity index (χ0n) is 14.2. The summed E-state index contributed by atoms with van der Waals surface area (Å²) >= 11 is 0. The van der Waals surface area contributed by atoms with Crippen molar-refractivity contribution in [1.82, 2.24) is 5.32 Å². The number of hydrogen-bond donors (Lipinski definition) is 1. The van der Waals surface area contributed by atoms with Crippen LogP contribution in [0.5, 0.6) is 0 Å². The highest BCUT2D eigenvalue weighted by Crippen LogP contribution is 2.15. The second-order valence-electron chi connectivity index (χ2n) is 5.85. The highest BCUT2D eigenvalue weighted by atomic mass is 19.1. The number of carbonyl (C=O) groups excluding carboxylic acids is 1. The molecule has 0 bridgehead atoms. The van der Waals surface area contributed by atoms with Gasteiger partial charge in [0.1, 0.15) is 22.7 Å². The van der Waals surface area contributed by atoms with Gasteiger partial charge < -0.3 is 14.2 Å². The number of amides is 1. The molecular formula is C21H15FN2O3. The zero-order valence-corrected chi connectivity index (χ0v) is 14.2. The molecule has 2 aromatic heterocycles. The first-order valence-corrected chi connectivity index (χ1v) is 8.33. The van der Waals surface area contributed by atoms with E-state index in [9.17, 15) is 9.18 Å². The average Bonchev–Trinajstić information content (AvgIpc) is 3.21. The van der Waals surface area contributed by atoms with Gasteiger partial charge in [-0.05, 0) is 48.5 Å². The summed E-state index contributed by atoms with van der Waals surface area (Å²) in [6, 6.07) is 18.2. The molecule has 1 amide bonds. The van der Waals surface area contributed by atoms with Crippen LogP contribution in [0.25, 0.3) is 11.0 Å². The molecule has 4 aromatic rings.